The molecule has 1 fully saturated rings. The van der Waals surface area contributed by atoms with Gasteiger partial charge in [-0.1, -0.05) is 30.3 Å². The number of ether oxygens (including phenoxy) is 1. The van der Waals surface area contributed by atoms with Gasteiger partial charge in [0.1, 0.15) is 5.75 Å². The Balaban J connectivity index is 1.38. The first-order chi connectivity index (χ1) is 14.9. The standard InChI is InChI=1S/C23H25N3O4S/c1-17-14-24-15-18-6-5-9-21(23(17)18)31(28,29)26-12-10-19(16-26)25-22(27)11-13-30-20-7-3-2-4-8-20/h2-9,14-15,19H,10-13,16H2,1H3,(H,25,27)/t19-/m0/s1. The number of nitrogens with one attached hydrogen (secondary N) is 1. The van der Waals surface area contributed by atoms with E-state index in [4.69, 9.17) is 4.74 Å². The number of carbonyl (C=O) groups is 1. The Morgan fingerprint density at radius 3 is 2.77 bits per heavy atom. The number of fused-ring (bicyclic) bond motifs is 1. The van der Waals surface area contributed by atoms with Crippen molar-refractivity contribution in [2.24, 2.45) is 0 Å². The quantitative estimate of drug-likeness (QED) is 0.612. The van der Waals surface area contributed by atoms with Gasteiger partial charge in [0, 0.05) is 42.3 Å². The minimum Gasteiger partial charge on any atom is -0.493 e. The lowest BCUT2D eigenvalue weighted by atomic mass is 10.1. The molecule has 4 rings (SSSR count). The largest absolute Gasteiger partial charge is 0.493 e. The third-order valence-corrected chi connectivity index (χ3v) is 7.32. The first-order valence-electron chi connectivity index (χ1n) is 10.3. The van der Waals surface area contributed by atoms with Crippen molar-refractivity contribution in [2.75, 3.05) is 19.7 Å². The maximum absolute atomic E-state index is 13.3. The minimum absolute atomic E-state index is 0.146. The number of aromatic nitrogens is 1. The number of hydrogen-bond donors (Lipinski definition) is 1. The van der Waals surface area contributed by atoms with Crippen LogP contribution in [0.2, 0.25) is 0 Å². The fourth-order valence-electron chi connectivity index (χ4n) is 3.87. The summed E-state index contributed by atoms with van der Waals surface area (Å²) >= 11 is 0. The molecule has 1 N–H and O–H groups in total. The van der Waals surface area contributed by atoms with Crippen molar-refractivity contribution in [1.29, 1.82) is 0 Å². The van der Waals surface area contributed by atoms with E-state index >= 15 is 0 Å². The summed E-state index contributed by atoms with van der Waals surface area (Å²) in [7, 11) is -3.68. The monoisotopic (exact) mass is 439 g/mol. The lowest BCUT2D eigenvalue weighted by molar-refractivity contribution is -0.122. The fraction of sp³-hybridized carbons (Fsp3) is 0.304. The van der Waals surface area contributed by atoms with E-state index in [9.17, 15) is 13.2 Å². The Bertz CT molecular complexity index is 1180. The lowest BCUT2D eigenvalue weighted by Crippen LogP contribution is -2.39. The zero-order chi connectivity index (χ0) is 21.8. The van der Waals surface area contributed by atoms with Crippen LogP contribution in [0.1, 0.15) is 18.4 Å². The number of amides is 1. The number of benzene rings is 2. The van der Waals surface area contributed by atoms with Gasteiger partial charge in [-0.15, -0.1) is 0 Å². The number of hydrogen-bond acceptors (Lipinski definition) is 5. The maximum atomic E-state index is 13.3. The summed E-state index contributed by atoms with van der Waals surface area (Å²) in [5.41, 5.74) is 0.819. The van der Waals surface area contributed by atoms with Crippen LogP contribution in [0, 0.1) is 6.92 Å². The topological polar surface area (TPSA) is 88.6 Å². The van der Waals surface area contributed by atoms with E-state index in [1.54, 1.807) is 24.5 Å². The summed E-state index contributed by atoms with van der Waals surface area (Å²) in [6.07, 6.45) is 4.14. The van der Waals surface area contributed by atoms with Gasteiger partial charge in [-0.25, -0.2) is 8.42 Å². The molecule has 1 amide bonds. The molecule has 0 spiro atoms. The Morgan fingerprint density at radius 2 is 1.97 bits per heavy atom. The minimum atomic E-state index is -3.68. The van der Waals surface area contributed by atoms with Gasteiger partial charge in [0.05, 0.1) is 17.9 Å². The van der Waals surface area contributed by atoms with Crippen molar-refractivity contribution >= 4 is 26.7 Å². The highest BCUT2D eigenvalue weighted by Crippen LogP contribution is 2.29. The van der Waals surface area contributed by atoms with Crippen molar-refractivity contribution in [3.63, 3.8) is 0 Å². The van der Waals surface area contributed by atoms with Crippen molar-refractivity contribution in [3.05, 3.63) is 66.5 Å². The number of pyridine rings is 1. The third kappa shape index (κ3) is 4.70. The zero-order valence-corrected chi connectivity index (χ0v) is 18.1. The van der Waals surface area contributed by atoms with E-state index in [2.05, 4.69) is 10.3 Å². The Labute approximate surface area is 182 Å². The molecule has 8 heteroatoms. The number of carbonyl (C=O) groups excluding carboxylic acids is 1. The second-order valence-electron chi connectivity index (χ2n) is 7.64. The van der Waals surface area contributed by atoms with Crippen LogP contribution in [0.15, 0.2) is 65.8 Å². The highest BCUT2D eigenvalue weighted by molar-refractivity contribution is 7.89. The second kappa shape index (κ2) is 9.03. The molecule has 7 nitrogen and oxygen atoms in total. The van der Waals surface area contributed by atoms with Gasteiger partial charge in [0.15, 0.2) is 0 Å². The van der Waals surface area contributed by atoms with Crippen LogP contribution >= 0.6 is 0 Å². The summed E-state index contributed by atoms with van der Waals surface area (Å²) in [5, 5.41) is 4.42. The summed E-state index contributed by atoms with van der Waals surface area (Å²) in [5.74, 6) is 0.571. The van der Waals surface area contributed by atoms with Crippen molar-refractivity contribution < 1.29 is 17.9 Å². The summed E-state index contributed by atoms with van der Waals surface area (Å²) in [6.45, 7) is 2.76. The normalized spacial score (nSPS) is 17.0. The predicted molar refractivity (Wildman–Crippen MR) is 118 cm³/mol. The number of sulfonamides is 1. The average molecular weight is 440 g/mol. The molecule has 1 aromatic heterocycles. The number of para-hydroxylation sites is 1. The van der Waals surface area contributed by atoms with Crippen LogP contribution in [-0.2, 0) is 14.8 Å². The Hall–Kier alpha value is -2.97. The molecule has 3 aromatic rings. The second-order valence-corrected chi connectivity index (χ2v) is 9.54. The van der Waals surface area contributed by atoms with Crippen molar-refractivity contribution in [3.8, 4) is 5.75 Å². The molecule has 1 atom stereocenters. The average Bonchev–Trinajstić information content (AvgIpc) is 3.23. The van der Waals surface area contributed by atoms with Crippen LogP contribution < -0.4 is 10.1 Å². The Morgan fingerprint density at radius 1 is 1.16 bits per heavy atom. The molecule has 0 radical (unpaired) electrons. The maximum Gasteiger partial charge on any atom is 0.243 e. The molecule has 0 unspecified atom stereocenters. The molecule has 1 saturated heterocycles. The van der Waals surface area contributed by atoms with Crippen LogP contribution in [0.3, 0.4) is 0 Å². The molecule has 2 heterocycles. The molecule has 1 aliphatic rings. The predicted octanol–water partition coefficient (Wildman–Crippen LogP) is 2.89. The molecule has 0 aliphatic carbocycles. The third-order valence-electron chi connectivity index (χ3n) is 5.41. The first kappa shape index (κ1) is 21.3. The molecule has 0 bridgehead atoms. The molecule has 0 saturated carbocycles. The van der Waals surface area contributed by atoms with E-state index in [0.29, 0.717) is 24.1 Å². The smallest absolute Gasteiger partial charge is 0.243 e. The van der Waals surface area contributed by atoms with E-state index in [0.717, 1.165) is 10.9 Å². The van der Waals surface area contributed by atoms with Gasteiger partial charge in [-0.3, -0.25) is 9.78 Å². The summed E-state index contributed by atoms with van der Waals surface area (Å²) in [4.78, 5) is 16.7. The van der Waals surface area contributed by atoms with Gasteiger partial charge in [-0.05, 0) is 37.1 Å². The highest BCUT2D eigenvalue weighted by Gasteiger charge is 2.34. The number of nitrogens with zero attached hydrogens (tertiary/aromatic N) is 2. The number of aryl methyl sites for hydroxylation is 1. The van der Waals surface area contributed by atoms with E-state index < -0.39 is 10.0 Å². The SMILES string of the molecule is Cc1cncc2cccc(S(=O)(=O)N3CC[C@H](NC(=O)CCOc4ccccc4)C3)c12. The van der Waals surface area contributed by atoms with Gasteiger partial charge >= 0.3 is 0 Å². The fourth-order valence-corrected chi connectivity index (χ4v) is 5.66. The van der Waals surface area contributed by atoms with Crippen LogP contribution in [-0.4, -0.2) is 49.4 Å². The molecule has 31 heavy (non-hydrogen) atoms. The Kier molecular flexibility index (Phi) is 6.20. The zero-order valence-electron chi connectivity index (χ0n) is 17.3. The van der Waals surface area contributed by atoms with E-state index in [1.807, 2.05) is 43.3 Å². The van der Waals surface area contributed by atoms with E-state index in [-0.39, 0.29) is 36.4 Å². The molecule has 162 valence electrons. The van der Waals surface area contributed by atoms with Gasteiger partial charge in [0.2, 0.25) is 15.9 Å². The van der Waals surface area contributed by atoms with Crippen molar-refractivity contribution in [2.45, 2.75) is 30.7 Å². The van der Waals surface area contributed by atoms with Gasteiger partial charge < -0.3 is 10.1 Å². The van der Waals surface area contributed by atoms with Crippen LogP contribution in [0.25, 0.3) is 10.8 Å². The van der Waals surface area contributed by atoms with Crippen molar-refractivity contribution in [1.82, 2.24) is 14.6 Å². The first-order valence-corrected chi connectivity index (χ1v) is 11.7. The highest BCUT2D eigenvalue weighted by atomic mass is 32.2. The molecular formula is C23H25N3O4S. The van der Waals surface area contributed by atoms with Gasteiger partial charge in [0.25, 0.3) is 0 Å². The number of rotatable bonds is 7. The summed E-state index contributed by atoms with van der Waals surface area (Å²) in [6, 6.07) is 14.3. The van der Waals surface area contributed by atoms with E-state index in [1.165, 1.54) is 4.31 Å². The summed E-state index contributed by atoms with van der Waals surface area (Å²) < 4.78 is 33.7. The molecule has 1 aliphatic heterocycles. The molecular weight excluding hydrogens is 414 g/mol. The van der Waals surface area contributed by atoms with Crippen LogP contribution in [0.4, 0.5) is 0 Å². The van der Waals surface area contributed by atoms with Crippen LogP contribution in [0.5, 0.6) is 5.75 Å². The lowest BCUT2D eigenvalue weighted by Gasteiger charge is -2.19. The molecule has 2 aromatic carbocycles. The van der Waals surface area contributed by atoms with Gasteiger partial charge in [-0.2, -0.15) is 4.31 Å².